The standard InChI is InChI=1S/C22H23N3O3S2/c1-22(2,3)13-5-6-14-15(10-23)20(30-18(14)9-13)25-21(29)24-19(26)12-4-7-16-17(8-12)28-11-27-16/h4,7-8,13H,5-6,9,11H2,1-3H3,(H2,24,25,26,29)/t13-/m0/s1. The van der Waals surface area contributed by atoms with Gasteiger partial charge in [-0.3, -0.25) is 10.1 Å². The van der Waals surface area contributed by atoms with E-state index in [1.165, 1.54) is 4.88 Å². The average molecular weight is 442 g/mol. The highest BCUT2D eigenvalue weighted by atomic mass is 32.1. The van der Waals surface area contributed by atoms with Gasteiger partial charge in [0.15, 0.2) is 16.6 Å². The normalized spacial score (nSPS) is 17.1. The fourth-order valence-corrected chi connectivity index (χ4v) is 5.42. The van der Waals surface area contributed by atoms with E-state index in [0.717, 1.165) is 24.8 Å². The van der Waals surface area contributed by atoms with Gasteiger partial charge in [-0.25, -0.2) is 0 Å². The quantitative estimate of drug-likeness (QED) is 0.662. The minimum Gasteiger partial charge on any atom is -0.454 e. The number of carbonyl (C=O) groups excluding carboxylic acids is 1. The van der Waals surface area contributed by atoms with Gasteiger partial charge in [0.1, 0.15) is 11.1 Å². The van der Waals surface area contributed by atoms with Crippen LogP contribution in [0, 0.1) is 22.7 Å². The van der Waals surface area contributed by atoms with Crippen molar-refractivity contribution >= 4 is 39.6 Å². The van der Waals surface area contributed by atoms with Crippen LogP contribution in [-0.4, -0.2) is 17.8 Å². The van der Waals surface area contributed by atoms with Gasteiger partial charge in [-0.05, 0) is 66.6 Å². The molecule has 0 bridgehead atoms. The highest BCUT2D eigenvalue weighted by molar-refractivity contribution is 7.80. The molecule has 0 unspecified atom stereocenters. The first-order valence-corrected chi connectivity index (χ1v) is 11.1. The van der Waals surface area contributed by atoms with E-state index in [9.17, 15) is 10.1 Å². The molecule has 2 aromatic rings. The van der Waals surface area contributed by atoms with Gasteiger partial charge in [0.25, 0.3) is 5.91 Å². The first kappa shape index (κ1) is 20.6. The van der Waals surface area contributed by atoms with Gasteiger partial charge >= 0.3 is 0 Å². The molecule has 0 saturated carbocycles. The summed E-state index contributed by atoms with van der Waals surface area (Å²) in [5.41, 5.74) is 2.41. The number of ether oxygens (including phenoxy) is 2. The van der Waals surface area contributed by atoms with Gasteiger partial charge in [-0.1, -0.05) is 20.8 Å². The lowest BCUT2D eigenvalue weighted by atomic mass is 9.72. The van der Waals surface area contributed by atoms with Crippen molar-refractivity contribution in [3.63, 3.8) is 0 Å². The van der Waals surface area contributed by atoms with Crippen LogP contribution >= 0.6 is 23.6 Å². The van der Waals surface area contributed by atoms with Crippen molar-refractivity contribution in [1.29, 1.82) is 5.26 Å². The molecule has 2 aliphatic rings. The second-order valence-electron chi connectivity index (χ2n) is 8.60. The Morgan fingerprint density at radius 1 is 1.30 bits per heavy atom. The van der Waals surface area contributed by atoms with Crippen LogP contribution < -0.4 is 20.1 Å². The molecule has 4 rings (SSSR count). The number of hydrogen-bond acceptors (Lipinski definition) is 6. The lowest BCUT2D eigenvalue weighted by molar-refractivity contribution is 0.0977. The molecule has 1 aliphatic heterocycles. The molecule has 1 atom stereocenters. The van der Waals surface area contributed by atoms with Crippen molar-refractivity contribution in [3.8, 4) is 17.6 Å². The number of nitriles is 1. The van der Waals surface area contributed by atoms with E-state index in [-0.39, 0.29) is 23.2 Å². The number of thiophene rings is 1. The fourth-order valence-electron chi connectivity index (χ4n) is 3.88. The van der Waals surface area contributed by atoms with Crippen molar-refractivity contribution in [3.05, 3.63) is 39.8 Å². The minimum atomic E-state index is -0.349. The minimum absolute atomic E-state index is 0.149. The summed E-state index contributed by atoms with van der Waals surface area (Å²) in [6, 6.07) is 7.29. The van der Waals surface area contributed by atoms with E-state index in [2.05, 4.69) is 37.5 Å². The Morgan fingerprint density at radius 3 is 2.80 bits per heavy atom. The highest BCUT2D eigenvalue weighted by Crippen LogP contribution is 2.44. The fraction of sp³-hybridized carbons (Fsp3) is 0.409. The molecular weight excluding hydrogens is 418 g/mol. The molecule has 156 valence electrons. The van der Waals surface area contributed by atoms with Crippen LogP contribution in [0.4, 0.5) is 5.00 Å². The zero-order chi connectivity index (χ0) is 21.5. The highest BCUT2D eigenvalue weighted by Gasteiger charge is 2.32. The van der Waals surface area contributed by atoms with Gasteiger partial charge in [-0.2, -0.15) is 5.26 Å². The summed E-state index contributed by atoms with van der Waals surface area (Å²) in [6.07, 6.45) is 2.94. The Hall–Kier alpha value is -2.63. The molecular formula is C22H23N3O3S2. The van der Waals surface area contributed by atoms with E-state index >= 15 is 0 Å². The van der Waals surface area contributed by atoms with Gasteiger partial charge in [0.2, 0.25) is 6.79 Å². The smallest absolute Gasteiger partial charge is 0.257 e. The summed E-state index contributed by atoms with van der Waals surface area (Å²) in [7, 11) is 0. The lowest BCUT2D eigenvalue weighted by Crippen LogP contribution is -2.34. The number of rotatable bonds is 2. The molecule has 0 radical (unpaired) electrons. The Morgan fingerprint density at radius 2 is 2.07 bits per heavy atom. The number of thiocarbonyl (C=S) groups is 1. The average Bonchev–Trinajstić information content (AvgIpc) is 3.29. The molecule has 2 N–H and O–H groups in total. The van der Waals surface area contributed by atoms with Crippen molar-refractivity contribution in [1.82, 2.24) is 5.32 Å². The predicted molar refractivity (Wildman–Crippen MR) is 120 cm³/mol. The number of anilines is 1. The molecule has 1 amide bonds. The maximum atomic E-state index is 12.6. The second-order valence-corrected chi connectivity index (χ2v) is 10.1. The van der Waals surface area contributed by atoms with Gasteiger partial charge in [0.05, 0.1) is 5.56 Å². The van der Waals surface area contributed by atoms with Gasteiger partial charge < -0.3 is 14.8 Å². The Bertz CT molecular complexity index is 1060. The third kappa shape index (κ3) is 4.00. The summed E-state index contributed by atoms with van der Waals surface area (Å²) < 4.78 is 10.6. The number of nitrogens with zero attached hydrogens (tertiary/aromatic N) is 1. The zero-order valence-electron chi connectivity index (χ0n) is 17.1. The van der Waals surface area contributed by atoms with Gasteiger partial charge in [-0.15, -0.1) is 11.3 Å². The van der Waals surface area contributed by atoms with Crippen LogP contribution in [0.2, 0.25) is 0 Å². The number of carbonyl (C=O) groups is 1. The van der Waals surface area contributed by atoms with Crippen molar-refractivity contribution in [2.75, 3.05) is 12.1 Å². The van der Waals surface area contributed by atoms with E-state index in [4.69, 9.17) is 21.7 Å². The molecule has 30 heavy (non-hydrogen) atoms. The number of amides is 1. The summed E-state index contributed by atoms with van der Waals surface area (Å²) >= 11 is 6.91. The number of fused-ring (bicyclic) bond motifs is 2. The first-order valence-electron chi connectivity index (χ1n) is 9.83. The van der Waals surface area contributed by atoms with E-state index in [1.807, 2.05) is 0 Å². The van der Waals surface area contributed by atoms with Crippen molar-refractivity contribution < 1.29 is 14.3 Å². The molecule has 1 aliphatic carbocycles. The SMILES string of the molecule is CC(C)(C)[C@H]1CCc2c(sc(NC(=S)NC(=O)c3ccc4c(c3)OCO4)c2C#N)C1. The molecule has 0 fully saturated rings. The van der Waals surface area contributed by atoms with E-state index in [1.54, 1.807) is 29.5 Å². The van der Waals surface area contributed by atoms with Crippen molar-refractivity contribution in [2.24, 2.45) is 11.3 Å². The number of hydrogen-bond donors (Lipinski definition) is 2. The monoisotopic (exact) mass is 441 g/mol. The Labute approximate surface area is 185 Å². The van der Waals surface area contributed by atoms with Crippen LogP contribution in [0.1, 0.15) is 53.6 Å². The van der Waals surface area contributed by atoms with Crippen LogP contribution in [-0.2, 0) is 12.8 Å². The van der Waals surface area contributed by atoms with Crippen LogP contribution in [0.3, 0.4) is 0 Å². The van der Waals surface area contributed by atoms with Crippen molar-refractivity contribution in [2.45, 2.75) is 40.0 Å². The maximum absolute atomic E-state index is 12.6. The zero-order valence-corrected chi connectivity index (χ0v) is 18.8. The van der Waals surface area contributed by atoms with Crippen LogP contribution in [0.15, 0.2) is 18.2 Å². The van der Waals surface area contributed by atoms with Gasteiger partial charge in [0, 0.05) is 10.4 Å². The predicted octanol–water partition coefficient (Wildman–Crippen LogP) is 4.63. The molecule has 8 heteroatoms. The topological polar surface area (TPSA) is 83.4 Å². The van der Waals surface area contributed by atoms with Crippen LogP contribution in [0.25, 0.3) is 0 Å². The van der Waals surface area contributed by atoms with E-state index < -0.39 is 0 Å². The molecule has 1 aromatic heterocycles. The number of benzene rings is 1. The third-order valence-corrected chi connectivity index (χ3v) is 7.06. The third-order valence-electron chi connectivity index (χ3n) is 5.69. The molecule has 6 nitrogen and oxygen atoms in total. The first-order chi connectivity index (χ1) is 14.3. The summed E-state index contributed by atoms with van der Waals surface area (Å²) in [5, 5.41) is 16.3. The Kier molecular flexibility index (Phi) is 5.43. The second kappa shape index (κ2) is 7.89. The summed E-state index contributed by atoms with van der Waals surface area (Å²) in [6.45, 7) is 6.95. The van der Waals surface area contributed by atoms with E-state index in [0.29, 0.717) is 33.5 Å². The summed E-state index contributed by atoms with van der Waals surface area (Å²) in [5.74, 6) is 1.38. The summed E-state index contributed by atoms with van der Waals surface area (Å²) in [4.78, 5) is 13.8. The van der Waals surface area contributed by atoms with Crippen LogP contribution in [0.5, 0.6) is 11.5 Å². The Balaban J connectivity index is 1.47. The largest absolute Gasteiger partial charge is 0.454 e. The molecule has 2 heterocycles. The molecule has 0 spiro atoms. The number of nitrogens with one attached hydrogen (secondary N) is 2. The molecule has 1 aromatic carbocycles. The lowest BCUT2D eigenvalue weighted by Gasteiger charge is -2.33. The molecule has 0 saturated heterocycles. The maximum Gasteiger partial charge on any atom is 0.257 e.